The van der Waals surface area contributed by atoms with Crippen molar-refractivity contribution in [2.24, 2.45) is 0 Å². The first-order valence-electron chi connectivity index (χ1n) is 5.47. The Kier molecular flexibility index (Phi) is 6.37. The molecule has 0 saturated carbocycles. The number of methoxy groups -OCH3 is 2. The van der Waals surface area contributed by atoms with Gasteiger partial charge < -0.3 is 19.9 Å². The molecule has 0 heterocycles. The maximum atomic E-state index is 11.8. The van der Waals surface area contributed by atoms with Gasteiger partial charge in [0, 0.05) is 19.2 Å². The van der Waals surface area contributed by atoms with Crippen molar-refractivity contribution >= 4 is 29.1 Å². The van der Waals surface area contributed by atoms with E-state index in [1.807, 2.05) is 0 Å². The molecule has 2 N–H and O–H groups in total. The molecule has 1 aromatic rings. The van der Waals surface area contributed by atoms with E-state index >= 15 is 0 Å². The van der Waals surface area contributed by atoms with E-state index in [-0.39, 0.29) is 29.1 Å². The molecule has 1 amide bonds. The summed E-state index contributed by atoms with van der Waals surface area (Å²) in [4.78, 5) is 11.8. The zero-order valence-electron chi connectivity index (χ0n) is 10.6. The molecular formula is C12H15Cl2NO4. The van der Waals surface area contributed by atoms with E-state index in [9.17, 15) is 9.90 Å². The summed E-state index contributed by atoms with van der Waals surface area (Å²) in [5, 5.41) is 12.5. The summed E-state index contributed by atoms with van der Waals surface area (Å²) in [5.74, 6) is -0.0686. The average Bonchev–Trinajstić information content (AvgIpc) is 2.36. The Balaban J connectivity index is 2.73. The molecule has 0 radical (unpaired) electrons. The quantitative estimate of drug-likeness (QED) is 0.840. The Labute approximate surface area is 121 Å². The molecule has 1 atom stereocenters. The first-order valence-corrected chi connectivity index (χ1v) is 6.23. The lowest BCUT2D eigenvalue weighted by Gasteiger charge is -2.12. The fourth-order valence-electron chi connectivity index (χ4n) is 1.45. The first-order chi connectivity index (χ1) is 8.99. The van der Waals surface area contributed by atoms with Gasteiger partial charge in [-0.2, -0.15) is 0 Å². The molecule has 0 spiro atoms. The number of halogens is 2. The predicted molar refractivity (Wildman–Crippen MR) is 73.2 cm³/mol. The molecule has 7 heteroatoms. The predicted octanol–water partition coefficient (Wildman–Crippen LogP) is 1.74. The number of aliphatic hydroxyl groups is 1. The van der Waals surface area contributed by atoms with Gasteiger partial charge in [-0.15, -0.1) is 0 Å². The summed E-state index contributed by atoms with van der Waals surface area (Å²) in [6.45, 7) is 0.221. The highest BCUT2D eigenvalue weighted by molar-refractivity contribution is 6.37. The molecule has 0 aliphatic rings. The van der Waals surface area contributed by atoms with Crippen LogP contribution in [0.5, 0.6) is 5.75 Å². The largest absolute Gasteiger partial charge is 0.494 e. The van der Waals surface area contributed by atoms with Gasteiger partial charge >= 0.3 is 0 Å². The fraction of sp³-hybridized carbons (Fsp3) is 0.417. The van der Waals surface area contributed by atoms with Crippen molar-refractivity contribution in [3.8, 4) is 5.75 Å². The van der Waals surface area contributed by atoms with Crippen LogP contribution in [0.15, 0.2) is 12.1 Å². The second-order valence-corrected chi connectivity index (χ2v) is 4.61. The summed E-state index contributed by atoms with van der Waals surface area (Å²) in [5.41, 5.74) is 0.292. The molecule has 0 bridgehead atoms. The van der Waals surface area contributed by atoms with Gasteiger partial charge in [-0.1, -0.05) is 23.2 Å². The van der Waals surface area contributed by atoms with Crippen LogP contribution in [0.25, 0.3) is 0 Å². The Bertz CT molecular complexity index is 430. The van der Waals surface area contributed by atoms with Gasteiger partial charge in [-0.05, 0) is 12.1 Å². The standard InChI is InChI=1S/C12H15Cl2NO4/c1-18-6-8(16)5-15-12(17)7-3-9(13)11(19-2)10(14)4-7/h3-4,8,16H,5-6H2,1-2H3,(H,15,17). The third-order valence-corrected chi connectivity index (χ3v) is 2.88. The lowest BCUT2D eigenvalue weighted by molar-refractivity contribution is 0.0610. The molecular weight excluding hydrogens is 293 g/mol. The van der Waals surface area contributed by atoms with Crippen LogP contribution in [0, 0.1) is 0 Å². The number of amides is 1. The highest BCUT2D eigenvalue weighted by Gasteiger charge is 2.14. The van der Waals surface area contributed by atoms with E-state index in [1.54, 1.807) is 0 Å². The van der Waals surface area contributed by atoms with E-state index in [1.165, 1.54) is 26.4 Å². The maximum Gasteiger partial charge on any atom is 0.251 e. The molecule has 19 heavy (non-hydrogen) atoms. The number of rotatable bonds is 6. The molecule has 0 saturated heterocycles. The number of benzene rings is 1. The number of hydrogen-bond donors (Lipinski definition) is 2. The van der Waals surface area contributed by atoms with Gasteiger partial charge in [0.05, 0.1) is 29.9 Å². The second kappa shape index (κ2) is 7.55. The van der Waals surface area contributed by atoms with Crippen molar-refractivity contribution in [3.05, 3.63) is 27.7 Å². The van der Waals surface area contributed by atoms with Gasteiger partial charge in [-0.3, -0.25) is 4.79 Å². The molecule has 5 nitrogen and oxygen atoms in total. The van der Waals surface area contributed by atoms with Gasteiger partial charge in [0.1, 0.15) is 0 Å². The molecule has 0 aliphatic heterocycles. The molecule has 1 aromatic carbocycles. The first kappa shape index (κ1) is 16.0. The molecule has 0 aromatic heterocycles. The summed E-state index contributed by atoms with van der Waals surface area (Å²) >= 11 is 11.9. The number of aliphatic hydroxyl groups excluding tert-OH is 1. The topological polar surface area (TPSA) is 67.8 Å². The summed E-state index contributed by atoms with van der Waals surface area (Å²) < 4.78 is 9.74. The summed E-state index contributed by atoms with van der Waals surface area (Å²) in [6, 6.07) is 2.90. The van der Waals surface area contributed by atoms with E-state index < -0.39 is 6.10 Å². The number of hydrogen-bond acceptors (Lipinski definition) is 4. The van der Waals surface area contributed by atoms with E-state index in [0.29, 0.717) is 11.3 Å². The van der Waals surface area contributed by atoms with Gasteiger partial charge in [0.25, 0.3) is 5.91 Å². The van der Waals surface area contributed by atoms with E-state index in [0.717, 1.165) is 0 Å². The van der Waals surface area contributed by atoms with Crippen LogP contribution >= 0.6 is 23.2 Å². The monoisotopic (exact) mass is 307 g/mol. The zero-order valence-corrected chi connectivity index (χ0v) is 12.1. The third-order valence-electron chi connectivity index (χ3n) is 2.32. The summed E-state index contributed by atoms with van der Waals surface area (Å²) in [6.07, 6.45) is -0.766. The fourth-order valence-corrected chi connectivity index (χ4v) is 2.09. The van der Waals surface area contributed by atoms with Crippen LogP contribution in [0.4, 0.5) is 0 Å². The zero-order chi connectivity index (χ0) is 14.4. The lowest BCUT2D eigenvalue weighted by Crippen LogP contribution is -2.34. The van der Waals surface area contributed by atoms with Gasteiger partial charge in [-0.25, -0.2) is 0 Å². The maximum absolute atomic E-state index is 11.8. The van der Waals surface area contributed by atoms with Crippen LogP contribution < -0.4 is 10.1 Å². The van der Waals surface area contributed by atoms with Crippen LogP contribution in [-0.4, -0.2) is 44.5 Å². The highest BCUT2D eigenvalue weighted by atomic mass is 35.5. The third kappa shape index (κ3) is 4.54. The van der Waals surface area contributed by atoms with Crippen LogP contribution in [0.3, 0.4) is 0 Å². The minimum Gasteiger partial charge on any atom is -0.494 e. The van der Waals surface area contributed by atoms with Crippen molar-refractivity contribution in [2.75, 3.05) is 27.4 Å². The number of nitrogens with one attached hydrogen (secondary N) is 1. The Hall–Kier alpha value is -1.01. The number of carbonyl (C=O) groups excluding carboxylic acids is 1. The lowest BCUT2D eigenvalue weighted by atomic mass is 10.2. The SMILES string of the molecule is COCC(O)CNC(=O)c1cc(Cl)c(OC)c(Cl)c1. The number of carbonyl (C=O) groups is 1. The average molecular weight is 308 g/mol. The van der Waals surface area contributed by atoms with E-state index in [2.05, 4.69) is 5.32 Å². The van der Waals surface area contributed by atoms with Crippen molar-refractivity contribution < 1.29 is 19.4 Å². The molecule has 106 valence electrons. The highest BCUT2D eigenvalue weighted by Crippen LogP contribution is 2.33. The van der Waals surface area contributed by atoms with Crippen molar-refractivity contribution in [2.45, 2.75) is 6.10 Å². The van der Waals surface area contributed by atoms with Crippen molar-refractivity contribution in [1.82, 2.24) is 5.32 Å². The Morgan fingerprint density at radius 3 is 2.42 bits per heavy atom. The Morgan fingerprint density at radius 1 is 1.37 bits per heavy atom. The molecule has 1 unspecified atom stereocenters. The minimum absolute atomic E-state index is 0.0773. The normalized spacial score (nSPS) is 12.1. The smallest absolute Gasteiger partial charge is 0.251 e. The van der Waals surface area contributed by atoms with E-state index in [4.69, 9.17) is 32.7 Å². The van der Waals surface area contributed by atoms with Gasteiger partial charge in [0.15, 0.2) is 5.75 Å². The number of ether oxygens (including phenoxy) is 2. The van der Waals surface area contributed by atoms with Crippen molar-refractivity contribution in [3.63, 3.8) is 0 Å². The van der Waals surface area contributed by atoms with Crippen LogP contribution in [0.2, 0.25) is 10.0 Å². The second-order valence-electron chi connectivity index (χ2n) is 3.79. The Morgan fingerprint density at radius 2 is 1.95 bits per heavy atom. The summed E-state index contributed by atoms with van der Waals surface area (Å²) in [7, 11) is 2.90. The minimum atomic E-state index is -0.766. The molecule has 0 fully saturated rings. The molecule has 1 rings (SSSR count). The van der Waals surface area contributed by atoms with Gasteiger partial charge in [0.2, 0.25) is 0 Å². The van der Waals surface area contributed by atoms with Crippen LogP contribution in [0.1, 0.15) is 10.4 Å². The molecule has 0 aliphatic carbocycles. The van der Waals surface area contributed by atoms with Crippen molar-refractivity contribution in [1.29, 1.82) is 0 Å². The van der Waals surface area contributed by atoms with Crippen LogP contribution in [-0.2, 0) is 4.74 Å².